The second-order valence-electron chi connectivity index (χ2n) is 6.18. The topological polar surface area (TPSA) is 75.0 Å². The molecule has 0 saturated heterocycles. The van der Waals surface area contributed by atoms with Crippen LogP contribution in [0.3, 0.4) is 0 Å². The van der Waals surface area contributed by atoms with E-state index in [1.807, 2.05) is 36.4 Å². The number of ether oxygens (including phenoxy) is 1. The van der Waals surface area contributed by atoms with E-state index in [9.17, 15) is 10.1 Å². The summed E-state index contributed by atoms with van der Waals surface area (Å²) in [6.07, 6.45) is 3.20. The normalized spacial score (nSPS) is 10.9. The van der Waals surface area contributed by atoms with Gasteiger partial charge < -0.3 is 10.1 Å². The van der Waals surface area contributed by atoms with Crippen molar-refractivity contribution >= 4 is 29.3 Å². The first kappa shape index (κ1) is 20.1. The highest BCUT2D eigenvalue weighted by Gasteiger charge is 2.13. The number of aromatic nitrogens is 1. The zero-order valence-corrected chi connectivity index (χ0v) is 16.5. The van der Waals surface area contributed by atoms with Crippen LogP contribution in [0.25, 0.3) is 6.08 Å². The maximum absolute atomic E-state index is 12.6. The van der Waals surface area contributed by atoms with Crippen molar-refractivity contribution in [3.05, 3.63) is 94.3 Å². The summed E-state index contributed by atoms with van der Waals surface area (Å²) in [6, 6.07) is 19.9. The smallest absolute Gasteiger partial charge is 0.266 e. The Morgan fingerprint density at radius 3 is 2.72 bits per heavy atom. The molecule has 1 N–H and O–H groups in total. The lowest BCUT2D eigenvalue weighted by atomic mass is 10.1. The number of pyridine rings is 1. The number of halogens is 1. The predicted molar refractivity (Wildman–Crippen MR) is 113 cm³/mol. The Bertz CT molecular complexity index is 1090. The Morgan fingerprint density at radius 2 is 1.97 bits per heavy atom. The van der Waals surface area contributed by atoms with E-state index in [0.717, 1.165) is 11.3 Å². The number of nitriles is 1. The number of rotatable bonds is 6. The summed E-state index contributed by atoms with van der Waals surface area (Å²) < 4.78 is 5.84. The third-order valence-electron chi connectivity index (χ3n) is 4.20. The molecule has 1 aromatic heterocycles. The summed E-state index contributed by atoms with van der Waals surface area (Å²) in [7, 11) is 0. The number of nitrogens with one attached hydrogen (secondary N) is 1. The van der Waals surface area contributed by atoms with Crippen LogP contribution in [0.5, 0.6) is 5.75 Å². The Morgan fingerprint density at radius 1 is 1.17 bits per heavy atom. The molecule has 3 aromatic rings. The second kappa shape index (κ2) is 9.54. The van der Waals surface area contributed by atoms with Gasteiger partial charge in [0.15, 0.2) is 0 Å². The van der Waals surface area contributed by atoms with Gasteiger partial charge >= 0.3 is 0 Å². The van der Waals surface area contributed by atoms with E-state index in [0.29, 0.717) is 22.0 Å². The van der Waals surface area contributed by atoms with Crippen LogP contribution in [-0.2, 0) is 11.4 Å². The zero-order chi connectivity index (χ0) is 20.6. The molecule has 144 valence electrons. The van der Waals surface area contributed by atoms with Crippen molar-refractivity contribution in [1.29, 1.82) is 5.26 Å². The highest BCUT2D eigenvalue weighted by atomic mass is 35.5. The van der Waals surface area contributed by atoms with Crippen LogP contribution in [0.1, 0.15) is 16.8 Å². The standard InChI is InChI=1S/C23H18ClN3O2/c1-16-20(24)9-6-10-21(16)27-23(28)18(14-25)13-17-7-2-3-11-22(17)29-15-19-8-4-5-12-26-19/h2-13H,15H2,1H3,(H,27,28)/b18-13+. The summed E-state index contributed by atoms with van der Waals surface area (Å²) in [5.41, 5.74) is 2.65. The number of hydrogen-bond donors (Lipinski definition) is 1. The van der Waals surface area contributed by atoms with Gasteiger partial charge in [-0.1, -0.05) is 41.9 Å². The van der Waals surface area contributed by atoms with Gasteiger partial charge in [0.1, 0.15) is 24.0 Å². The van der Waals surface area contributed by atoms with Crippen LogP contribution in [0.15, 0.2) is 72.4 Å². The van der Waals surface area contributed by atoms with Gasteiger partial charge in [0.05, 0.1) is 5.69 Å². The Kier molecular flexibility index (Phi) is 6.62. The first-order chi connectivity index (χ1) is 14.1. The maximum Gasteiger partial charge on any atom is 0.266 e. The molecule has 0 unspecified atom stereocenters. The molecule has 0 aliphatic rings. The average molecular weight is 404 g/mol. The van der Waals surface area contributed by atoms with Crippen LogP contribution >= 0.6 is 11.6 Å². The minimum Gasteiger partial charge on any atom is -0.487 e. The fourth-order valence-corrected chi connectivity index (χ4v) is 2.78. The minimum atomic E-state index is -0.516. The van der Waals surface area contributed by atoms with Crippen LogP contribution in [0.2, 0.25) is 5.02 Å². The number of benzene rings is 2. The lowest BCUT2D eigenvalue weighted by Crippen LogP contribution is -2.14. The van der Waals surface area contributed by atoms with Crippen molar-refractivity contribution in [2.45, 2.75) is 13.5 Å². The maximum atomic E-state index is 12.6. The monoisotopic (exact) mass is 403 g/mol. The molecule has 0 atom stereocenters. The number of para-hydroxylation sites is 1. The lowest BCUT2D eigenvalue weighted by Gasteiger charge is -2.10. The van der Waals surface area contributed by atoms with Crippen molar-refractivity contribution in [2.75, 3.05) is 5.32 Å². The van der Waals surface area contributed by atoms with Gasteiger partial charge in [-0.3, -0.25) is 9.78 Å². The van der Waals surface area contributed by atoms with Crippen LogP contribution in [0.4, 0.5) is 5.69 Å². The summed E-state index contributed by atoms with van der Waals surface area (Å²) in [5, 5.41) is 12.8. The first-order valence-electron chi connectivity index (χ1n) is 8.88. The van der Waals surface area contributed by atoms with E-state index >= 15 is 0 Å². The SMILES string of the molecule is Cc1c(Cl)cccc1NC(=O)/C(C#N)=C/c1ccccc1OCc1ccccn1. The number of carbonyl (C=O) groups is 1. The molecule has 0 saturated carbocycles. The van der Waals surface area contributed by atoms with E-state index < -0.39 is 5.91 Å². The molecule has 0 aliphatic heterocycles. The van der Waals surface area contributed by atoms with Crippen LogP contribution in [-0.4, -0.2) is 10.9 Å². The zero-order valence-electron chi connectivity index (χ0n) is 15.7. The van der Waals surface area contributed by atoms with Gasteiger partial charge in [-0.05, 0) is 48.9 Å². The lowest BCUT2D eigenvalue weighted by molar-refractivity contribution is -0.112. The van der Waals surface area contributed by atoms with Crippen molar-refractivity contribution in [1.82, 2.24) is 4.98 Å². The Hall–Kier alpha value is -3.62. The highest BCUT2D eigenvalue weighted by Crippen LogP contribution is 2.25. The first-order valence-corrected chi connectivity index (χ1v) is 9.26. The van der Waals surface area contributed by atoms with Crippen molar-refractivity contribution in [3.8, 4) is 11.8 Å². The number of hydrogen-bond acceptors (Lipinski definition) is 4. The van der Waals surface area contributed by atoms with Crippen molar-refractivity contribution in [3.63, 3.8) is 0 Å². The molecule has 0 fully saturated rings. The van der Waals surface area contributed by atoms with E-state index in [4.69, 9.17) is 16.3 Å². The molecule has 29 heavy (non-hydrogen) atoms. The molecule has 2 aromatic carbocycles. The van der Waals surface area contributed by atoms with Gasteiger partial charge in [0.25, 0.3) is 5.91 Å². The molecular formula is C23H18ClN3O2. The van der Waals surface area contributed by atoms with Gasteiger partial charge in [-0.25, -0.2) is 0 Å². The molecule has 0 aliphatic carbocycles. The van der Waals surface area contributed by atoms with E-state index in [2.05, 4.69) is 10.3 Å². The third-order valence-corrected chi connectivity index (χ3v) is 4.61. The molecule has 0 bridgehead atoms. The molecule has 5 nitrogen and oxygen atoms in total. The molecule has 6 heteroatoms. The summed E-state index contributed by atoms with van der Waals surface area (Å²) in [4.78, 5) is 16.8. The van der Waals surface area contributed by atoms with Crippen molar-refractivity contribution in [2.24, 2.45) is 0 Å². The molecule has 3 rings (SSSR count). The number of carbonyl (C=O) groups excluding carboxylic acids is 1. The Labute approximate surface area is 174 Å². The Balaban J connectivity index is 1.81. The van der Waals surface area contributed by atoms with Crippen molar-refractivity contribution < 1.29 is 9.53 Å². The van der Waals surface area contributed by atoms with Crippen LogP contribution in [0, 0.1) is 18.3 Å². The highest BCUT2D eigenvalue weighted by molar-refractivity contribution is 6.31. The fourth-order valence-electron chi connectivity index (χ4n) is 2.60. The van der Waals surface area contributed by atoms with Gasteiger partial charge in [-0.15, -0.1) is 0 Å². The average Bonchev–Trinajstić information content (AvgIpc) is 2.75. The molecular weight excluding hydrogens is 386 g/mol. The van der Waals surface area contributed by atoms with Gasteiger partial charge in [0, 0.05) is 22.5 Å². The second-order valence-corrected chi connectivity index (χ2v) is 6.59. The summed E-state index contributed by atoms with van der Waals surface area (Å²) >= 11 is 6.09. The molecule has 0 radical (unpaired) electrons. The largest absolute Gasteiger partial charge is 0.487 e. The number of nitrogens with zero attached hydrogens (tertiary/aromatic N) is 2. The van der Waals surface area contributed by atoms with Gasteiger partial charge in [-0.2, -0.15) is 5.26 Å². The molecule has 1 amide bonds. The van der Waals surface area contributed by atoms with Crippen LogP contribution < -0.4 is 10.1 Å². The summed E-state index contributed by atoms with van der Waals surface area (Å²) in [6.45, 7) is 2.08. The van der Waals surface area contributed by atoms with Gasteiger partial charge in [0.2, 0.25) is 0 Å². The summed E-state index contributed by atoms with van der Waals surface area (Å²) in [5.74, 6) is 0.0371. The number of anilines is 1. The fraction of sp³-hybridized carbons (Fsp3) is 0.0870. The minimum absolute atomic E-state index is 0.0433. The van der Waals surface area contributed by atoms with E-state index in [-0.39, 0.29) is 12.2 Å². The molecule has 1 heterocycles. The van der Waals surface area contributed by atoms with E-state index in [1.165, 1.54) is 6.08 Å². The van der Waals surface area contributed by atoms with E-state index in [1.54, 1.807) is 43.5 Å². The predicted octanol–water partition coefficient (Wildman–Crippen LogP) is 5.17. The third kappa shape index (κ3) is 5.22. The number of amides is 1. The quantitative estimate of drug-likeness (QED) is 0.455. The molecule has 0 spiro atoms.